The fraction of sp³-hybridized carbons (Fsp3) is 0.850. The van der Waals surface area contributed by atoms with Crippen molar-refractivity contribution in [1.29, 1.82) is 0 Å². The molecule has 4 rings (SSSR count). The van der Waals surface area contributed by atoms with Crippen LogP contribution in [0.25, 0.3) is 0 Å². The van der Waals surface area contributed by atoms with Crippen molar-refractivity contribution in [3.05, 3.63) is 17.5 Å². The second kappa shape index (κ2) is 8.65. The maximum absolute atomic E-state index is 5.52. The molecule has 2 saturated heterocycles. The molecule has 140 valence electrons. The number of nitrogens with zero attached hydrogens (tertiary/aromatic N) is 3. The van der Waals surface area contributed by atoms with Crippen LogP contribution < -0.4 is 0 Å². The summed E-state index contributed by atoms with van der Waals surface area (Å²) in [6.45, 7) is 7.54. The molecule has 0 spiro atoms. The van der Waals surface area contributed by atoms with Gasteiger partial charge < -0.3 is 4.74 Å². The summed E-state index contributed by atoms with van der Waals surface area (Å²) in [7, 11) is 0. The maximum atomic E-state index is 5.52. The van der Waals surface area contributed by atoms with Gasteiger partial charge in [0.25, 0.3) is 0 Å². The topological polar surface area (TPSA) is 44.4 Å². The highest BCUT2D eigenvalue weighted by Gasteiger charge is 2.27. The molecular weight excluding hydrogens is 312 g/mol. The molecule has 0 bridgehead atoms. The summed E-state index contributed by atoms with van der Waals surface area (Å²) in [6.07, 6.45) is 13.0. The lowest BCUT2D eigenvalue weighted by Crippen LogP contribution is -2.49. The van der Waals surface area contributed by atoms with Gasteiger partial charge in [-0.05, 0) is 32.2 Å². The van der Waals surface area contributed by atoms with Crippen molar-refractivity contribution in [3.63, 3.8) is 0 Å². The fourth-order valence-electron chi connectivity index (χ4n) is 4.97. The number of H-pyrrole nitrogens is 1. The van der Waals surface area contributed by atoms with E-state index in [-0.39, 0.29) is 0 Å². The van der Waals surface area contributed by atoms with Crippen LogP contribution in [0.2, 0.25) is 0 Å². The van der Waals surface area contributed by atoms with Crippen LogP contribution >= 0.6 is 0 Å². The van der Waals surface area contributed by atoms with Gasteiger partial charge in [0.2, 0.25) is 0 Å². The molecule has 1 aromatic rings. The lowest BCUT2D eigenvalue weighted by molar-refractivity contribution is 0.0152. The summed E-state index contributed by atoms with van der Waals surface area (Å²) >= 11 is 0. The summed E-state index contributed by atoms with van der Waals surface area (Å²) in [5.74, 6) is 0.716. The summed E-state index contributed by atoms with van der Waals surface area (Å²) < 4.78 is 5.52. The zero-order valence-electron chi connectivity index (χ0n) is 15.6. The minimum Gasteiger partial charge on any atom is -0.379 e. The fourth-order valence-corrected chi connectivity index (χ4v) is 4.97. The lowest BCUT2D eigenvalue weighted by Gasteiger charge is -2.39. The molecule has 3 aliphatic rings. The Kier molecular flexibility index (Phi) is 6.06. The van der Waals surface area contributed by atoms with Crippen molar-refractivity contribution in [2.75, 3.05) is 39.4 Å². The molecule has 1 aromatic heterocycles. The Balaban J connectivity index is 1.40. The number of ether oxygens (including phenoxy) is 1. The van der Waals surface area contributed by atoms with Gasteiger partial charge in [0.05, 0.1) is 19.4 Å². The highest BCUT2D eigenvalue weighted by atomic mass is 16.5. The largest absolute Gasteiger partial charge is 0.379 e. The average Bonchev–Trinajstić information content (AvgIpc) is 3.13. The number of aromatic amines is 1. The van der Waals surface area contributed by atoms with E-state index in [0.717, 1.165) is 32.8 Å². The second-order valence-corrected chi connectivity index (χ2v) is 8.18. The Morgan fingerprint density at radius 1 is 1.00 bits per heavy atom. The van der Waals surface area contributed by atoms with Gasteiger partial charge in [-0.2, -0.15) is 5.10 Å². The molecule has 1 unspecified atom stereocenters. The Hall–Kier alpha value is -0.910. The molecule has 5 heteroatoms. The van der Waals surface area contributed by atoms with Gasteiger partial charge >= 0.3 is 0 Å². The van der Waals surface area contributed by atoms with Gasteiger partial charge in [0.1, 0.15) is 0 Å². The van der Waals surface area contributed by atoms with Crippen molar-refractivity contribution >= 4 is 0 Å². The predicted molar refractivity (Wildman–Crippen MR) is 99.7 cm³/mol. The number of piperidine rings is 1. The number of hydrogen-bond acceptors (Lipinski definition) is 4. The van der Waals surface area contributed by atoms with E-state index in [1.807, 2.05) is 0 Å². The van der Waals surface area contributed by atoms with Crippen LogP contribution in [-0.2, 0) is 11.3 Å². The van der Waals surface area contributed by atoms with Crippen LogP contribution in [0.4, 0.5) is 0 Å². The molecule has 0 radical (unpaired) electrons. The van der Waals surface area contributed by atoms with Crippen molar-refractivity contribution in [3.8, 4) is 0 Å². The van der Waals surface area contributed by atoms with Gasteiger partial charge in [-0.1, -0.05) is 25.7 Å². The van der Waals surface area contributed by atoms with Gasteiger partial charge in [-0.25, -0.2) is 0 Å². The van der Waals surface area contributed by atoms with Crippen molar-refractivity contribution < 1.29 is 4.74 Å². The quantitative estimate of drug-likeness (QED) is 0.889. The van der Waals surface area contributed by atoms with Crippen LogP contribution in [0.3, 0.4) is 0 Å². The number of nitrogens with one attached hydrogen (secondary N) is 1. The predicted octanol–water partition coefficient (Wildman–Crippen LogP) is 3.14. The van der Waals surface area contributed by atoms with Crippen LogP contribution in [0.15, 0.2) is 6.20 Å². The minimum atomic E-state index is 0.695. The van der Waals surface area contributed by atoms with E-state index in [9.17, 15) is 0 Å². The highest BCUT2D eigenvalue weighted by molar-refractivity contribution is 5.21. The average molecular weight is 347 g/mol. The van der Waals surface area contributed by atoms with E-state index in [0.29, 0.717) is 12.0 Å². The van der Waals surface area contributed by atoms with E-state index < -0.39 is 0 Å². The van der Waals surface area contributed by atoms with E-state index in [1.165, 1.54) is 75.7 Å². The number of morpholine rings is 1. The first-order chi connectivity index (χ1) is 12.4. The van der Waals surface area contributed by atoms with Crippen LogP contribution in [-0.4, -0.2) is 65.4 Å². The third-order valence-electron chi connectivity index (χ3n) is 6.46. The number of rotatable bonds is 5. The molecule has 0 aromatic carbocycles. The van der Waals surface area contributed by atoms with Crippen LogP contribution in [0, 0.1) is 0 Å². The Labute approximate surface area is 152 Å². The molecular formula is C20H34N4O. The summed E-state index contributed by atoms with van der Waals surface area (Å²) in [4.78, 5) is 5.33. The molecule has 25 heavy (non-hydrogen) atoms. The molecule has 1 aliphatic carbocycles. The zero-order chi connectivity index (χ0) is 16.9. The Morgan fingerprint density at radius 3 is 2.64 bits per heavy atom. The number of aromatic nitrogens is 2. The van der Waals surface area contributed by atoms with E-state index >= 15 is 0 Å². The summed E-state index contributed by atoms with van der Waals surface area (Å²) in [5, 5.41) is 7.78. The number of hydrogen-bond donors (Lipinski definition) is 1. The first-order valence-corrected chi connectivity index (χ1v) is 10.5. The Bertz CT molecular complexity index is 520. The Morgan fingerprint density at radius 2 is 1.80 bits per heavy atom. The van der Waals surface area contributed by atoms with Crippen molar-refractivity contribution in [1.82, 2.24) is 20.0 Å². The van der Waals surface area contributed by atoms with Gasteiger partial charge in [-0.3, -0.25) is 14.9 Å². The smallest absolute Gasteiger partial charge is 0.0594 e. The maximum Gasteiger partial charge on any atom is 0.0594 e. The molecule has 2 aliphatic heterocycles. The third kappa shape index (κ3) is 4.44. The monoisotopic (exact) mass is 346 g/mol. The molecule has 3 fully saturated rings. The van der Waals surface area contributed by atoms with Crippen LogP contribution in [0.5, 0.6) is 0 Å². The third-order valence-corrected chi connectivity index (χ3v) is 6.46. The molecule has 1 N–H and O–H groups in total. The van der Waals surface area contributed by atoms with Gasteiger partial charge in [0, 0.05) is 49.4 Å². The molecule has 1 atom stereocenters. The normalized spacial score (nSPS) is 27.6. The standard InChI is InChI=1S/C20H34N4O/c1-2-6-17(7-3-1)20-18(14-21-22-20)15-24-9-5-4-8-19(24)16-23-10-12-25-13-11-23/h14,17,19H,1-13,15-16H2,(H,21,22). The minimum absolute atomic E-state index is 0.695. The first-order valence-electron chi connectivity index (χ1n) is 10.5. The summed E-state index contributed by atoms with van der Waals surface area (Å²) in [5.41, 5.74) is 2.90. The van der Waals surface area contributed by atoms with E-state index in [1.54, 1.807) is 0 Å². The first kappa shape index (κ1) is 17.5. The molecule has 5 nitrogen and oxygen atoms in total. The second-order valence-electron chi connectivity index (χ2n) is 8.18. The highest BCUT2D eigenvalue weighted by Crippen LogP contribution is 2.34. The van der Waals surface area contributed by atoms with Gasteiger partial charge in [0.15, 0.2) is 0 Å². The molecule has 3 heterocycles. The molecule has 0 amide bonds. The van der Waals surface area contributed by atoms with E-state index in [4.69, 9.17) is 4.74 Å². The van der Waals surface area contributed by atoms with Crippen LogP contribution in [0.1, 0.15) is 68.5 Å². The SMILES string of the molecule is c1n[nH]c(C2CCCCC2)c1CN1CCCCC1CN1CCOCC1. The summed E-state index contributed by atoms with van der Waals surface area (Å²) in [6, 6.07) is 0.695. The van der Waals surface area contributed by atoms with Crippen molar-refractivity contribution in [2.45, 2.75) is 69.9 Å². The van der Waals surface area contributed by atoms with E-state index in [2.05, 4.69) is 26.2 Å². The van der Waals surface area contributed by atoms with Gasteiger partial charge in [-0.15, -0.1) is 0 Å². The number of likely N-dealkylation sites (tertiary alicyclic amines) is 1. The zero-order valence-corrected chi connectivity index (χ0v) is 15.6. The molecule has 1 saturated carbocycles. The van der Waals surface area contributed by atoms with Crippen molar-refractivity contribution in [2.24, 2.45) is 0 Å². The lowest BCUT2D eigenvalue weighted by atomic mass is 9.85.